The van der Waals surface area contributed by atoms with E-state index in [0.29, 0.717) is 0 Å². The first-order valence-electron chi connectivity index (χ1n) is 6.26. The molecule has 0 atom stereocenters. The zero-order valence-corrected chi connectivity index (χ0v) is 13.2. The van der Waals surface area contributed by atoms with Gasteiger partial charge in [0, 0.05) is 17.6 Å². The number of rotatable bonds is 6. The summed E-state index contributed by atoms with van der Waals surface area (Å²) in [6, 6.07) is 10.6. The van der Waals surface area contributed by atoms with Gasteiger partial charge in [0.15, 0.2) is 4.34 Å². The van der Waals surface area contributed by atoms with E-state index in [1.165, 1.54) is 10.6 Å². The van der Waals surface area contributed by atoms with E-state index in [4.69, 9.17) is 0 Å². The minimum absolute atomic E-state index is 0.872. The summed E-state index contributed by atoms with van der Waals surface area (Å²) >= 11 is 5.02. The zero-order chi connectivity index (χ0) is 13.6. The molecule has 0 amide bonds. The van der Waals surface area contributed by atoms with Crippen LogP contribution in [0.2, 0.25) is 0 Å². The molecule has 1 aromatic carbocycles. The molecule has 3 aromatic rings. The third-order valence-electron chi connectivity index (χ3n) is 2.75. The standard InChI is InChI=1S/C14H13N3S3/c1-2-4-11(5-3-1)6-7-13-16-12(8-18-13)9-19-14-17-15-10-20-14/h1-5,8,10H,6-7,9H2. The van der Waals surface area contributed by atoms with Gasteiger partial charge >= 0.3 is 0 Å². The lowest BCUT2D eigenvalue weighted by atomic mass is 10.1. The number of thioether (sulfide) groups is 1. The number of aryl methyl sites for hydroxylation is 2. The average molecular weight is 319 g/mol. The molecule has 0 unspecified atom stereocenters. The van der Waals surface area contributed by atoms with Gasteiger partial charge in [-0.3, -0.25) is 0 Å². The van der Waals surface area contributed by atoms with Crippen molar-refractivity contribution in [2.45, 2.75) is 22.9 Å². The van der Waals surface area contributed by atoms with Crippen molar-refractivity contribution >= 4 is 34.4 Å². The maximum Gasteiger partial charge on any atom is 0.174 e. The van der Waals surface area contributed by atoms with Gasteiger partial charge in [0.1, 0.15) is 5.51 Å². The summed E-state index contributed by atoms with van der Waals surface area (Å²) in [5.41, 5.74) is 4.26. The average Bonchev–Trinajstić information content (AvgIpc) is 3.16. The molecule has 0 N–H and O–H groups in total. The summed E-state index contributed by atoms with van der Waals surface area (Å²) in [6.45, 7) is 0. The van der Waals surface area contributed by atoms with Gasteiger partial charge in [-0.25, -0.2) is 4.98 Å². The van der Waals surface area contributed by atoms with Crippen molar-refractivity contribution in [2.24, 2.45) is 0 Å². The Labute approximate surface area is 130 Å². The van der Waals surface area contributed by atoms with Crippen LogP contribution in [0.3, 0.4) is 0 Å². The van der Waals surface area contributed by atoms with Crippen LogP contribution in [0, 0.1) is 0 Å². The quantitative estimate of drug-likeness (QED) is 0.642. The van der Waals surface area contributed by atoms with Gasteiger partial charge in [-0.15, -0.1) is 21.5 Å². The zero-order valence-electron chi connectivity index (χ0n) is 10.7. The van der Waals surface area contributed by atoms with Crippen molar-refractivity contribution in [1.29, 1.82) is 0 Å². The van der Waals surface area contributed by atoms with E-state index in [0.717, 1.165) is 28.6 Å². The Bertz CT molecular complexity index is 635. The monoisotopic (exact) mass is 319 g/mol. The minimum atomic E-state index is 0.872. The number of nitrogens with zero attached hydrogens (tertiary/aromatic N) is 3. The number of benzene rings is 1. The second kappa shape index (κ2) is 6.97. The number of hydrogen-bond acceptors (Lipinski definition) is 6. The van der Waals surface area contributed by atoms with Crippen molar-refractivity contribution < 1.29 is 0 Å². The lowest BCUT2D eigenvalue weighted by molar-refractivity contribution is 0.934. The van der Waals surface area contributed by atoms with Crippen molar-refractivity contribution in [2.75, 3.05) is 0 Å². The third-order valence-corrected chi connectivity index (χ3v) is 5.60. The van der Waals surface area contributed by atoms with E-state index in [2.05, 4.69) is 50.9 Å². The van der Waals surface area contributed by atoms with Crippen LogP contribution in [0.4, 0.5) is 0 Å². The molecule has 0 spiro atoms. The van der Waals surface area contributed by atoms with E-state index >= 15 is 0 Å². The molecule has 20 heavy (non-hydrogen) atoms. The fraction of sp³-hybridized carbons (Fsp3) is 0.214. The summed E-state index contributed by atoms with van der Waals surface area (Å²) < 4.78 is 1.00. The molecule has 0 saturated carbocycles. The van der Waals surface area contributed by atoms with Crippen molar-refractivity contribution in [3.8, 4) is 0 Å². The molecular weight excluding hydrogens is 306 g/mol. The molecule has 0 fully saturated rings. The van der Waals surface area contributed by atoms with Crippen LogP contribution < -0.4 is 0 Å². The van der Waals surface area contributed by atoms with Crippen LogP contribution in [0.25, 0.3) is 0 Å². The van der Waals surface area contributed by atoms with Crippen LogP contribution in [-0.4, -0.2) is 15.2 Å². The third kappa shape index (κ3) is 3.88. The molecular formula is C14H13N3S3. The van der Waals surface area contributed by atoms with Gasteiger partial charge in [-0.1, -0.05) is 53.4 Å². The van der Waals surface area contributed by atoms with Crippen molar-refractivity contribution in [3.63, 3.8) is 0 Å². The van der Waals surface area contributed by atoms with E-state index in [1.807, 2.05) is 0 Å². The van der Waals surface area contributed by atoms with Gasteiger partial charge in [-0.05, 0) is 12.0 Å². The number of thiazole rings is 1. The first kappa shape index (κ1) is 13.7. The van der Waals surface area contributed by atoms with Crippen LogP contribution in [-0.2, 0) is 18.6 Å². The Hall–Kier alpha value is -1.24. The summed E-state index contributed by atoms with van der Waals surface area (Å²) in [4.78, 5) is 4.68. The molecule has 0 aliphatic heterocycles. The maximum absolute atomic E-state index is 4.68. The number of aromatic nitrogens is 3. The highest BCUT2D eigenvalue weighted by Gasteiger charge is 2.05. The topological polar surface area (TPSA) is 38.7 Å². The Kier molecular flexibility index (Phi) is 4.78. The highest BCUT2D eigenvalue weighted by atomic mass is 32.2. The van der Waals surface area contributed by atoms with Crippen LogP contribution in [0.15, 0.2) is 45.6 Å². The SMILES string of the molecule is c1ccc(CCc2nc(CSc3nncs3)cs2)cc1. The van der Waals surface area contributed by atoms with Gasteiger partial charge < -0.3 is 0 Å². The van der Waals surface area contributed by atoms with Gasteiger partial charge in [0.05, 0.1) is 10.7 Å². The molecule has 2 heterocycles. The minimum Gasteiger partial charge on any atom is -0.245 e. The Morgan fingerprint density at radius 2 is 1.95 bits per heavy atom. The predicted molar refractivity (Wildman–Crippen MR) is 85.4 cm³/mol. The fourth-order valence-corrected chi connectivity index (χ4v) is 4.07. The molecule has 102 valence electrons. The Balaban J connectivity index is 1.51. The van der Waals surface area contributed by atoms with Gasteiger partial charge in [-0.2, -0.15) is 0 Å². The summed E-state index contributed by atoms with van der Waals surface area (Å²) in [6.07, 6.45) is 2.06. The second-order valence-corrected chi connectivity index (χ2v) is 7.21. The molecule has 0 saturated heterocycles. The lowest BCUT2D eigenvalue weighted by Crippen LogP contribution is -1.91. The highest BCUT2D eigenvalue weighted by molar-refractivity contribution is 8.00. The Morgan fingerprint density at radius 3 is 2.75 bits per heavy atom. The number of hydrogen-bond donors (Lipinski definition) is 0. The maximum atomic E-state index is 4.68. The largest absolute Gasteiger partial charge is 0.245 e. The van der Waals surface area contributed by atoms with E-state index in [9.17, 15) is 0 Å². The first-order chi connectivity index (χ1) is 9.90. The molecule has 0 aliphatic rings. The van der Waals surface area contributed by atoms with Crippen LogP contribution >= 0.6 is 34.4 Å². The summed E-state index contributed by atoms with van der Waals surface area (Å²) in [5, 5.41) is 11.2. The van der Waals surface area contributed by atoms with E-state index < -0.39 is 0 Å². The molecule has 3 nitrogen and oxygen atoms in total. The molecule has 6 heteroatoms. The van der Waals surface area contributed by atoms with E-state index in [1.54, 1.807) is 39.9 Å². The molecule has 0 bridgehead atoms. The normalized spacial score (nSPS) is 10.8. The fourth-order valence-electron chi connectivity index (χ4n) is 1.79. The Morgan fingerprint density at radius 1 is 1.05 bits per heavy atom. The first-order valence-corrected chi connectivity index (χ1v) is 9.01. The predicted octanol–water partition coefficient (Wildman–Crippen LogP) is 4.07. The molecule has 2 aromatic heterocycles. The van der Waals surface area contributed by atoms with Gasteiger partial charge in [0.2, 0.25) is 0 Å². The lowest BCUT2D eigenvalue weighted by Gasteiger charge is -1.98. The summed E-state index contributed by atoms with van der Waals surface area (Å²) in [5.74, 6) is 0.872. The van der Waals surface area contributed by atoms with Crippen molar-refractivity contribution in [3.05, 3.63) is 57.5 Å². The smallest absolute Gasteiger partial charge is 0.174 e. The highest BCUT2D eigenvalue weighted by Crippen LogP contribution is 2.24. The second-order valence-electron chi connectivity index (χ2n) is 4.21. The van der Waals surface area contributed by atoms with Crippen LogP contribution in [0.1, 0.15) is 16.3 Å². The van der Waals surface area contributed by atoms with Gasteiger partial charge in [0.25, 0.3) is 0 Å². The molecule has 0 aliphatic carbocycles. The summed E-state index contributed by atoms with van der Waals surface area (Å²) in [7, 11) is 0. The van der Waals surface area contributed by atoms with Crippen LogP contribution in [0.5, 0.6) is 0 Å². The molecule has 3 rings (SSSR count). The molecule has 0 radical (unpaired) electrons. The van der Waals surface area contributed by atoms with E-state index in [-0.39, 0.29) is 0 Å². The van der Waals surface area contributed by atoms with Crippen molar-refractivity contribution in [1.82, 2.24) is 15.2 Å².